The first kappa shape index (κ1) is 29.7. The van der Waals surface area contributed by atoms with Gasteiger partial charge in [-0.05, 0) is 74.5 Å². The van der Waals surface area contributed by atoms with Crippen molar-refractivity contribution in [1.29, 1.82) is 0 Å². The second-order valence-corrected chi connectivity index (χ2v) is 10.3. The van der Waals surface area contributed by atoms with Gasteiger partial charge in [-0.1, -0.05) is 30.2 Å². The molecule has 0 bridgehead atoms. The Morgan fingerprint density at radius 2 is 1.56 bits per heavy atom. The number of aryl methyl sites for hydroxylation is 1. The third-order valence-corrected chi connectivity index (χ3v) is 8.20. The third-order valence-electron chi connectivity index (χ3n) is 6.84. The Labute approximate surface area is 235 Å². The van der Waals surface area contributed by atoms with E-state index in [4.69, 9.17) is 20.6 Å². The van der Waals surface area contributed by atoms with E-state index >= 15 is 0 Å². The molecule has 0 radical (unpaired) electrons. The predicted octanol–water partition coefficient (Wildman–Crippen LogP) is 5.85. The number of hydrogen-bond donors (Lipinski definition) is 0. The van der Waals surface area contributed by atoms with Crippen molar-refractivity contribution in [2.45, 2.75) is 45.1 Å². The van der Waals surface area contributed by atoms with Gasteiger partial charge in [0.1, 0.15) is 12.3 Å². The second kappa shape index (κ2) is 13.3. The summed E-state index contributed by atoms with van der Waals surface area (Å²) in [4.78, 5) is 27.7. The molecule has 7 nitrogen and oxygen atoms in total. The van der Waals surface area contributed by atoms with Crippen molar-refractivity contribution in [3.05, 3.63) is 59.2 Å². The van der Waals surface area contributed by atoms with Gasteiger partial charge in [0, 0.05) is 27.4 Å². The van der Waals surface area contributed by atoms with E-state index in [2.05, 4.69) is 12.8 Å². The minimum atomic E-state index is -0.350. The molecule has 0 amide bonds. The summed E-state index contributed by atoms with van der Waals surface area (Å²) in [5.41, 5.74) is 4.95. The average molecular weight is 549 g/mol. The molecule has 0 fully saturated rings. The van der Waals surface area contributed by atoms with Crippen molar-refractivity contribution < 1.29 is 23.8 Å². The molecule has 0 aromatic heterocycles. The van der Waals surface area contributed by atoms with E-state index in [1.807, 2.05) is 72.4 Å². The molecule has 1 atom stereocenters. The minimum absolute atomic E-state index is 0.0429. The summed E-state index contributed by atoms with van der Waals surface area (Å²) in [6.07, 6.45) is 5.93. The van der Waals surface area contributed by atoms with E-state index in [1.165, 1.54) is 26.2 Å². The van der Waals surface area contributed by atoms with Crippen molar-refractivity contribution in [3.8, 4) is 18.1 Å². The molecule has 3 rings (SSSR count). The molecule has 206 valence electrons. The van der Waals surface area contributed by atoms with Gasteiger partial charge in [0.2, 0.25) is 0 Å². The Balaban J connectivity index is 2.16. The lowest BCUT2D eigenvalue weighted by Crippen LogP contribution is -2.35. The van der Waals surface area contributed by atoms with Gasteiger partial charge in [-0.25, -0.2) is 0 Å². The fourth-order valence-corrected chi connectivity index (χ4v) is 5.72. The number of nitrogens with zero attached hydrogens (tertiary/aromatic N) is 2. The number of hydrogen-bond acceptors (Lipinski definition) is 8. The quantitative estimate of drug-likeness (QED) is 0.168. The van der Waals surface area contributed by atoms with Gasteiger partial charge in [-0.2, -0.15) is 0 Å². The molecule has 3 aromatic carbocycles. The molecule has 0 N–H and O–H groups in total. The van der Waals surface area contributed by atoms with Crippen LogP contribution >= 0.6 is 11.9 Å². The van der Waals surface area contributed by atoms with Crippen LogP contribution in [0.1, 0.15) is 30.0 Å². The number of terminal acetylenes is 1. The number of carbonyl (C=O) groups is 2. The summed E-state index contributed by atoms with van der Waals surface area (Å²) in [7, 11) is 4.44. The summed E-state index contributed by atoms with van der Waals surface area (Å²) in [5.74, 6) is 2.90. The highest BCUT2D eigenvalue weighted by molar-refractivity contribution is 8.00. The first-order chi connectivity index (χ1) is 18.7. The number of benzene rings is 3. The first-order valence-corrected chi connectivity index (χ1v) is 13.4. The average Bonchev–Trinajstić information content (AvgIpc) is 2.94. The number of anilines is 2. The van der Waals surface area contributed by atoms with Gasteiger partial charge in [0.25, 0.3) is 0 Å². The highest BCUT2D eigenvalue weighted by Gasteiger charge is 2.24. The Morgan fingerprint density at radius 1 is 0.949 bits per heavy atom. The van der Waals surface area contributed by atoms with Crippen molar-refractivity contribution in [2.24, 2.45) is 0 Å². The standard InChI is InChI=1S/C31H36N2O5S/c1-9-16-32(21(3)18-29(34)37-7)26-14-15-27(25-13-11-10-12-24(25)26)33(19-30(35)38-8)39-31-20(2)17-28(36-6)22(4)23(31)5/h1,10-15,17,21H,16,18-19H2,2-8H3/t21-/m0/s1. The lowest BCUT2D eigenvalue weighted by molar-refractivity contribution is -0.141. The van der Waals surface area contributed by atoms with Crippen LogP contribution in [0.4, 0.5) is 11.4 Å². The summed E-state index contributed by atoms with van der Waals surface area (Å²) >= 11 is 1.50. The highest BCUT2D eigenvalue weighted by atomic mass is 32.2. The molecule has 0 heterocycles. The Bertz CT molecular complexity index is 1400. The molecule has 0 saturated heterocycles. The summed E-state index contributed by atoms with van der Waals surface area (Å²) < 4.78 is 17.5. The number of esters is 2. The molecule has 0 saturated carbocycles. The summed E-state index contributed by atoms with van der Waals surface area (Å²) in [6.45, 7) is 8.45. The van der Waals surface area contributed by atoms with Crippen molar-refractivity contribution in [2.75, 3.05) is 43.6 Å². The van der Waals surface area contributed by atoms with Gasteiger partial charge >= 0.3 is 11.9 Å². The fourth-order valence-electron chi connectivity index (χ4n) is 4.58. The molecule has 8 heteroatoms. The molecular formula is C31H36N2O5S. The summed E-state index contributed by atoms with van der Waals surface area (Å²) in [5, 5.41) is 1.90. The number of rotatable bonds is 11. The molecule has 39 heavy (non-hydrogen) atoms. The van der Waals surface area contributed by atoms with Gasteiger partial charge in [-0.3, -0.25) is 9.59 Å². The SMILES string of the molecule is C#CCN(c1ccc(N(CC(=O)OC)Sc2c(C)cc(OC)c(C)c2C)c2ccccc12)[C@@H](C)CC(=O)OC. The molecular weight excluding hydrogens is 512 g/mol. The lowest BCUT2D eigenvalue weighted by Gasteiger charge is -2.32. The molecule has 3 aromatic rings. The van der Waals surface area contributed by atoms with Crippen LogP contribution in [-0.4, -0.2) is 52.4 Å². The van der Waals surface area contributed by atoms with E-state index in [0.29, 0.717) is 6.54 Å². The number of carbonyl (C=O) groups excluding carboxylic acids is 2. The monoisotopic (exact) mass is 548 g/mol. The van der Waals surface area contributed by atoms with Crippen LogP contribution < -0.4 is 13.9 Å². The van der Waals surface area contributed by atoms with Crippen molar-refractivity contribution >= 4 is 46.0 Å². The van der Waals surface area contributed by atoms with Crippen molar-refractivity contribution in [3.63, 3.8) is 0 Å². The smallest absolute Gasteiger partial charge is 0.326 e. The molecule has 0 spiro atoms. The van der Waals surface area contributed by atoms with E-state index in [0.717, 1.165) is 49.5 Å². The van der Waals surface area contributed by atoms with Gasteiger partial charge < -0.3 is 23.4 Å². The van der Waals surface area contributed by atoms with E-state index in [1.54, 1.807) is 7.11 Å². The summed E-state index contributed by atoms with van der Waals surface area (Å²) in [6, 6.07) is 13.8. The van der Waals surface area contributed by atoms with E-state index < -0.39 is 0 Å². The highest BCUT2D eigenvalue weighted by Crippen LogP contribution is 2.42. The number of ether oxygens (including phenoxy) is 3. The van der Waals surface area contributed by atoms with Crippen LogP contribution in [-0.2, 0) is 19.1 Å². The zero-order chi connectivity index (χ0) is 28.7. The largest absolute Gasteiger partial charge is 0.496 e. The number of fused-ring (bicyclic) bond motifs is 1. The molecule has 0 unspecified atom stereocenters. The second-order valence-electron chi connectivity index (χ2n) is 9.29. The third kappa shape index (κ3) is 6.61. The molecule has 0 aliphatic heterocycles. The number of methoxy groups -OCH3 is 3. The lowest BCUT2D eigenvalue weighted by atomic mass is 10.0. The van der Waals surface area contributed by atoms with Gasteiger partial charge in [0.05, 0.1) is 40.0 Å². The normalized spacial score (nSPS) is 11.4. The fraction of sp³-hybridized carbons (Fsp3) is 0.355. The van der Waals surface area contributed by atoms with Crippen LogP contribution in [0.3, 0.4) is 0 Å². The van der Waals surface area contributed by atoms with Gasteiger partial charge in [-0.15, -0.1) is 6.42 Å². The maximum Gasteiger partial charge on any atom is 0.326 e. The topological polar surface area (TPSA) is 68.3 Å². The van der Waals surface area contributed by atoms with E-state index in [9.17, 15) is 9.59 Å². The molecule has 0 aliphatic rings. The zero-order valence-electron chi connectivity index (χ0n) is 23.7. The Morgan fingerprint density at radius 3 is 2.15 bits per heavy atom. The predicted molar refractivity (Wildman–Crippen MR) is 159 cm³/mol. The Kier molecular flexibility index (Phi) is 10.1. The zero-order valence-corrected chi connectivity index (χ0v) is 24.5. The first-order valence-electron chi connectivity index (χ1n) is 12.6. The maximum atomic E-state index is 12.6. The van der Waals surface area contributed by atoms with E-state index in [-0.39, 0.29) is 30.9 Å². The van der Waals surface area contributed by atoms with Crippen LogP contribution in [0.2, 0.25) is 0 Å². The maximum absolute atomic E-state index is 12.6. The van der Waals surface area contributed by atoms with Gasteiger partial charge in [0.15, 0.2) is 0 Å². The Hall–Kier alpha value is -3.83. The molecule has 0 aliphatic carbocycles. The van der Waals surface area contributed by atoms with Crippen molar-refractivity contribution in [1.82, 2.24) is 0 Å². The van der Waals surface area contributed by atoms with Crippen LogP contribution in [0, 0.1) is 33.1 Å². The van der Waals surface area contributed by atoms with Crippen LogP contribution in [0.5, 0.6) is 5.75 Å². The van der Waals surface area contributed by atoms with Crippen LogP contribution in [0.15, 0.2) is 47.4 Å². The van der Waals surface area contributed by atoms with Crippen LogP contribution in [0.25, 0.3) is 10.8 Å². The minimum Gasteiger partial charge on any atom is -0.496 e.